The molecule has 15 heavy (non-hydrogen) atoms. The van der Waals surface area contributed by atoms with Gasteiger partial charge in [-0.1, -0.05) is 0 Å². The third-order valence-corrected chi connectivity index (χ3v) is 4.61. The Balaban J connectivity index is 1.82. The van der Waals surface area contributed by atoms with Crippen molar-refractivity contribution in [1.82, 2.24) is 5.32 Å². The Morgan fingerprint density at radius 2 is 1.87 bits per heavy atom. The molecular weight excluding hydrogens is 192 g/mol. The topological polar surface area (TPSA) is 75.3 Å². The van der Waals surface area contributed by atoms with E-state index in [0.717, 1.165) is 18.8 Å². The van der Waals surface area contributed by atoms with Crippen molar-refractivity contribution in [2.45, 2.75) is 43.7 Å². The molecule has 2 unspecified atom stereocenters. The van der Waals surface area contributed by atoms with Crippen molar-refractivity contribution in [3.8, 4) is 0 Å². The first-order valence-corrected chi connectivity index (χ1v) is 5.84. The molecule has 0 saturated heterocycles. The number of hydrogen-bond donors (Lipinski definition) is 3. The number of nitrogens with one attached hydrogen (secondary N) is 1. The Bertz CT molecular complexity index is 289. The zero-order valence-corrected chi connectivity index (χ0v) is 8.78. The van der Waals surface area contributed by atoms with E-state index < -0.39 is 6.09 Å². The summed E-state index contributed by atoms with van der Waals surface area (Å²) in [6.07, 6.45) is 4.69. The smallest absolute Gasteiger partial charge is 0.404 e. The van der Waals surface area contributed by atoms with Gasteiger partial charge >= 0.3 is 6.09 Å². The minimum Gasteiger partial charge on any atom is -0.465 e. The van der Waals surface area contributed by atoms with Crippen molar-refractivity contribution in [2.24, 2.45) is 23.5 Å². The van der Waals surface area contributed by atoms with Gasteiger partial charge in [0.15, 0.2) is 0 Å². The van der Waals surface area contributed by atoms with Crippen LogP contribution in [0, 0.1) is 17.8 Å². The van der Waals surface area contributed by atoms with Gasteiger partial charge in [-0.3, -0.25) is 0 Å². The van der Waals surface area contributed by atoms with E-state index in [1.807, 2.05) is 0 Å². The Morgan fingerprint density at radius 1 is 1.27 bits per heavy atom. The molecule has 0 heterocycles. The SMILES string of the molecule is NC12CC3CC(C1)C(NC(=O)O)C(C3)C2. The van der Waals surface area contributed by atoms with E-state index in [1.165, 1.54) is 19.3 Å². The number of nitrogens with two attached hydrogens (primary N) is 1. The van der Waals surface area contributed by atoms with Crippen LogP contribution in [-0.2, 0) is 0 Å². The molecule has 4 rings (SSSR count). The van der Waals surface area contributed by atoms with Gasteiger partial charge in [-0.15, -0.1) is 0 Å². The quantitative estimate of drug-likeness (QED) is 0.608. The molecule has 4 aliphatic rings. The fraction of sp³-hybridized carbons (Fsp3) is 0.909. The summed E-state index contributed by atoms with van der Waals surface area (Å²) < 4.78 is 0. The molecule has 4 fully saturated rings. The molecule has 0 spiro atoms. The minimum absolute atomic E-state index is 0.0349. The maximum atomic E-state index is 10.7. The highest BCUT2D eigenvalue weighted by Gasteiger charge is 2.54. The third-order valence-electron chi connectivity index (χ3n) is 4.61. The Labute approximate surface area is 89.2 Å². The monoisotopic (exact) mass is 210 g/mol. The van der Waals surface area contributed by atoms with Crippen molar-refractivity contribution in [3.63, 3.8) is 0 Å². The molecule has 0 aliphatic heterocycles. The van der Waals surface area contributed by atoms with Crippen LogP contribution in [0.15, 0.2) is 0 Å². The summed E-state index contributed by atoms with van der Waals surface area (Å²) in [7, 11) is 0. The maximum absolute atomic E-state index is 10.7. The van der Waals surface area contributed by atoms with Crippen LogP contribution in [0.1, 0.15) is 32.1 Å². The highest BCUT2D eigenvalue weighted by atomic mass is 16.4. The number of amides is 1. The summed E-state index contributed by atoms with van der Waals surface area (Å²) in [5.74, 6) is 1.76. The van der Waals surface area contributed by atoms with Crippen molar-refractivity contribution >= 4 is 6.09 Å². The van der Waals surface area contributed by atoms with Crippen LogP contribution in [-0.4, -0.2) is 22.8 Å². The zero-order valence-electron chi connectivity index (χ0n) is 8.78. The molecule has 4 heteroatoms. The Kier molecular flexibility index (Phi) is 1.81. The van der Waals surface area contributed by atoms with Crippen LogP contribution >= 0.6 is 0 Å². The van der Waals surface area contributed by atoms with Crippen LogP contribution < -0.4 is 11.1 Å². The highest BCUT2D eigenvalue weighted by molar-refractivity contribution is 5.65. The number of carboxylic acid groups (broad SMARTS) is 1. The fourth-order valence-electron chi connectivity index (χ4n) is 4.47. The van der Waals surface area contributed by atoms with Gasteiger partial charge in [-0.25, -0.2) is 4.79 Å². The maximum Gasteiger partial charge on any atom is 0.404 e. The van der Waals surface area contributed by atoms with Gasteiger partial charge in [0.25, 0.3) is 0 Å². The summed E-state index contributed by atoms with van der Waals surface area (Å²) in [4.78, 5) is 10.7. The van der Waals surface area contributed by atoms with E-state index >= 15 is 0 Å². The first-order valence-electron chi connectivity index (χ1n) is 5.84. The molecule has 84 valence electrons. The lowest BCUT2D eigenvalue weighted by molar-refractivity contribution is -0.0279. The van der Waals surface area contributed by atoms with Crippen LogP contribution in [0.4, 0.5) is 4.79 Å². The van der Waals surface area contributed by atoms with Crippen molar-refractivity contribution in [1.29, 1.82) is 0 Å². The van der Waals surface area contributed by atoms with E-state index in [9.17, 15) is 4.79 Å². The van der Waals surface area contributed by atoms with E-state index in [2.05, 4.69) is 5.32 Å². The van der Waals surface area contributed by atoms with Gasteiger partial charge in [0, 0.05) is 11.6 Å². The second-order valence-electron chi connectivity index (χ2n) is 5.81. The molecule has 0 aromatic heterocycles. The zero-order chi connectivity index (χ0) is 10.6. The Hall–Kier alpha value is -0.770. The van der Waals surface area contributed by atoms with E-state index in [0.29, 0.717) is 11.8 Å². The Morgan fingerprint density at radius 3 is 2.33 bits per heavy atom. The lowest BCUT2D eigenvalue weighted by Gasteiger charge is -2.58. The van der Waals surface area contributed by atoms with Crippen molar-refractivity contribution < 1.29 is 9.90 Å². The van der Waals surface area contributed by atoms with Gasteiger partial charge in [0.1, 0.15) is 0 Å². The van der Waals surface area contributed by atoms with Gasteiger partial charge in [-0.05, 0) is 49.9 Å². The summed E-state index contributed by atoms with van der Waals surface area (Å²) >= 11 is 0. The normalized spacial score (nSPS) is 51.8. The molecule has 0 radical (unpaired) electrons. The minimum atomic E-state index is -0.876. The number of hydrogen-bond acceptors (Lipinski definition) is 2. The van der Waals surface area contributed by atoms with Crippen molar-refractivity contribution in [3.05, 3.63) is 0 Å². The van der Waals surface area contributed by atoms with Crippen LogP contribution in [0.5, 0.6) is 0 Å². The van der Waals surface area contributed by atoms with Gasteiger partial charge in [-0.2, -0.15) is 0 Å². The van der Waals surface area contributed by atoms with E-state index in [4.69, 9.17) is 10.8 Å². The fourth-order valence-corrected chi connectivity index (χ4v) is 4.47. The third kappa shape index (κ3) is 1.42. The number of rotatable bonds is 1. The van der Waals surface area contributed by atoms with Crippen molar-refractivity contribution in [2.75, 3.05) is 0 Å². The molecule has 4 aliphatic carbocycles. The lowest BCUT2D eigenvalue weighted by atomic mass is 9.51. The second kappa shape index (κ2) is 2.88. The first kappa shape index (κ1) is 9.46. The summed E-state index contributed by atoms with van der Waals surface area (Å²) in [6, 6.07) is 0.177. The van der Waals surface area contributed by atoms with Gasteiger partial charge in [0.05, 0.1) is 0 Å². The molecule has 4 saturated carbocycles. The predicted molar refractivity (Wildman–Crippen MR) is 55.4 cm³/mol. The summed E-state index contributed by atoms with van der Waals surface area (Å²) in [5, 5.41) is 11.5. The van der Waals surface area contributed by atoms with Crippen LogP contribution in [0.2, 0.25) is 0 Å². The molecule has 2 atom stereocenters. The largest absolute Gasteiger partial charge is 0.465 e. The summed E-state index contributed by atoms with van der Waals surface area (Å²) in [5.41, 5.74) is 6.37. The van der Waals surface area contributed by atoms with Gasteiger partial charge in [0.2, 0.25) is 0 Å². The molecular formula is C11H18N2O2. The predicted octanol–water partition coefficient (Wildman–Crippen LogP) is 1.16. The molecule has 4 nitrogen and oxygen atoms in total. The average molecular weight is 210 g/mol. The molecule has 1 amide bonds. The molecule has 4 bridgehead atoms. The van der Waals surface area contributed by atoms with Gasteiger partial charge < -0.3 is 16.2 Å². The average Bonchev–Trinajstić information content (AvgIpc) is 2.08. The summed E-state index contributed by atoms with van der Waals surface area (Å²) in [6.45, 7) is 0. The lowest BCUT2D eigenvalue weighted by Crippen LogP contribution is -2.64. The molecule has 0 aromatic rings. The first-order chi connectivity index (χ1) is 7.06. The van der Waals surface area contributed by atoms with E-state index in [-0.39, 0.29) is 11.6 Å². The highest BCUT2D eigenvalue weighted by Crippen LogP contribution is 2.54. The van der Waals surface area contributed by atoms with Crippen LogP contribution in [0.3, 0.4) is 0 Å². The second-order valence-corrected chi connectivity index (χ2v) is 5.81. The molecule has 4 N–H and O–H groups in total. The standard InChI is InChI=1S/C11H18N2O2/c12-11-3-6-1-7(4-11)9(13-10(14)15)8(2-6)5-11/h6-9,13H,1-5,12H2,(H,14,15). The molecule has 0 aromatic carbocycles. The van der Waals surface area contributed by atoms with Crippen LogP contribution in [0.25, 0.3) is 0 Å². The van der Waals surface area contributed by atoms with E-state index in [1.54, 1.807) is 0 Å². The number of carbonyl (C=O) groups is 1.